The van der Waals surface area contributed by atoms with E-state index < -0.39 is 11.6 Å². The van der Waals surface area contributed by atoms with Gasteiger partial charge in [-0.3, -0.25) is 9.36 Å². The first-order valence-corrected chi connectivity index (χ1v) is 8.32. The number of carbonyl (C=O) groups is 2. The highest BCUT2D eigenvalue weighted by Crippen LogP contribution is 2.30. The predicted molar refractivity (Wildman–Crippen MR) is 92.2 cm³/mol. The lowest BCUT2D eigenvalue weighted by Crippen LogP contribution is -2.28. The molecule has 0 spiro atoms. The van der Waals surface area contributed by atoms with E-state index in [1.165, 1.54) is 0 Å². The Morgan fingerprint density at radius 2 is 2.04 bits per heavy atom. The summed E-state index contributed by atoms with van der Waals surface area (Å²) in [5, 5.41) is 0. The van der Waals surface area contributed by atoms with Crippen LogP contribution in [0.5, 0.6) is 0 Å². The Bertz CT molecular complexity index is 836. The number of aromatic nitrogens is 2. The van der Waals surface area contributed by atoms with Gasteiger partial charge in [0.15, 0.2) is 5.69 Å². The molecule has 0 saturated carbocycles. The number of esters is 1. The quantitative estimate of drug-likeness (QED) is 0.700. The number of benzene rings is 1. The second-order valence-electron chi connectivity index (χ2n) is 6.71. The minimum absolute atomic E-state index is 0.115. The number of nitrogens with zero attached hydrogens (tertiary/aromatic N) is 3. The third-order valence-corrected chi connectivity index (χ3v) is 4.32. The molecule has 3 rings (SSSR count). The first-order chi connectivity index (χ1) is 11.2. The molecule has 0 saturated heterocycles. The van der Waals surface area contributed by atoms with Crippen molar-refractivity contribution in [2.75, 3.05) is 7.05 Å². The van der Waals surface area contributed by atoms with Gasteiger partial charge in [-0.2, -0.15) is 0 Å². The number of amides is 1. The normalized spacial score (nSPS) is 14.0. The number of fused-ring (bicyclic) bond motifs is 3. The standard InChI is InChI=1S/C17H18BrN3O3/c1-17(2,3)24-16(23)14-12-8-20(4)15(22)13-10(18)6-5-7-11(13)21(12)9-19-14/h5-7,9H,8H2,1-4H3. The molecule has 0 radical (unpaired) electrons. The molecule has 7 heteroatoms. The highest BCUT2D eigenvalue weighted by atomic mass is 79.9. The van der Waals surface area contributed by atoms with Crippen LogP contribution in [-0.4, -0.2) is 39.0 Å². The van der Waals surface area contributed by atoms with Crippen molar-refractivity contribution in [3.63, 3.8) is 0 Å². The zero-order valence-electron chi connectivity index (χ0n) is 14.0. The van der Waals surface area contributed by atoms with Gasteiger partial charge in [0.05, 0.1) is 23.5 Å². The summed E-state index contributed by atoms with van der Waals surface area (Å²) in [6.45, 7) is 5.69. The Hall–Kier alpha value is -2.15. The van der Waals surface area contributed by atoms with Crippen LogP contribution < -0.4 is 0 Å². The van der Waals surface area contributed by atoms with E-state index in [4.69, 9.17) is 4.74 Å². The summed E-state index contributed by atoms with van der Waals surface area (Å²) in [6, 6.07) is 5.50. The van der Waals surface area contributed by atoms with E-state index in [0.29, 0.717) is 21.4 Å². The van der Waals surface area contributed by atoms with Gasteiger partial charge in [-0.1, -0.05) is 6.07 Å². The summed E-state index contributed by atoms with van der Waals surface area (Å²) < 4.78 is 7.92. The maximum atomic E-state index is 12.7. The zero-order chi connectivity index (χ0) is 17.6. The lowest BCUT2D eigenvalue weighted by atomic mass is 10.1. The van der Waals surface area contributed by atoms with Gasteiger partial charge >= 0.3 is 5.97 Å². The number of halogens is 1. The second kappa shape index (κ2) is 5.73. The van der Waals surface area contributed by atoms with Crippen molar-refractivity contribution in [3.05, 3.63) is 46.0 Å². The van der Waals surface area contributed by atoms with Gasteiger partial charge in [-0.15, -0.1) is 0 Å². The molecule has 0 atom stereocenters. The van der Waals surface area contributed by atoms with Crippen LogP contribution >= 0.6 is 15.9 Å². The van der Waals surface area contributed by atoms with Crippen molar-refractivity contribution in [3.8, 4) is 5.69 Å². The third-order valence-electron chi connectivity index (χ3n) is 3.66. The molecule has 6 nitrogen and oxygen atoms in total. The summed E-state index contributed by atoms with van der Waals surface area (Å²) in [7, 11) is 1.70. The van der Waals surface area contributed by atoms with Crippen LogP contribution in [0.2, 0.25) is 0 Å². The molecule has 0 fully saturated rings. The molecule has 0 aliphatic carbocycles. The van der Waals surface area contributed by atoms with Gasteiger partial charge in [-0.05, 0) is 48.8 Å². The van der Waals surface area contributed by atoms with Crippen LogP contribution in [0.25, 0.3) is 5.69 Å². The van der Waals surface area contributed by atoms with E-state index in [0.717, 1.165) is 0 Å². The van der Waals surface area contributed by atoms with Crippen LogP contribution in [0, 0.1) is 0 Å². The highest BCUT2D eigenvalue weighted by Gasteiger charge is 2.31. The molecular formula is C17H18BrN3O3. The number of imidazole rings is 1. The van der Waals surface area contributed by atoms with Crippen LogP contribution in [0.15, 0.2) is 29.0 Å². The number of carbonyl (C=O) groups excluding carboxylic acids is 2. The first-order valence-electron chi connectivity index (χ1n) is 7.53. The molecule has 2 heterocycles. The lowest BCUT2D eigenvalue weighted by Gasteiger charge is -2.19. The molecule has 1 amide bonds. The van der Waals surface area contributed by atoms with Crippen LogP contribution in [-0.2, 0) is 11.3 Å². The van der Waals surface area contributed by atoms with Gasteiger partial charge < -0.3 is 9.64 Å². The average Bonchev–Trinajstić information content (AvgIpc) is 2.83. The van der Waals surface area contributed by atoms with Crippen molar-refractivity contribution in [1.82, 2.24) is 14.5 Å². The summed E-state index contributed by atoms with van der Waals surface area (Å²) in [4.78, 5) is 31.0. The van der Waals surface area contributed by atoms with Crippen molar-refractivity contribution in [1.29, 1.82) is 0 Å². The van der Waals surface area contributed by atoms with Crippen LogP contribution in [0.1, 0.15) is 47.3 Å². The topological polar surface area (TPSA) is 64.4 Å². The van der Waals surface area contributed by atoms with Gasteiger partial charge in [0.25, 0.3) is 5.91 Å². The minimum atomic E-state index is -0.610. The Morgan fingerprint density at radius 1 is 1.33 bits per heavy atom. The average molecular weight is 392 g/mol. The van der Waals surface area contributed by atoms with Crippen molar-refractivity contribution >= 4 is 27.8 Å². The smallest absolute Gasteiger partial charge is 0.359 e. The fourth-order valence-corrected chi connectivity index (χ4v) is 3.17. The molecule has 0 unspecified atom stereocenters. The molecule has 126 valence electrons. The molecule has 1 aliphatic rings. The fourth-order valence-electron chi connectivity index (χ4n) is 2.64. The summed E-state index contributed by atoms with van der Waals surface area (Å²) in [5.41, 5.74) is 1.50. The van der Waals surface area contributed by atoms with E-state index in [-0.39, 0.29) is 18.1 Å². The van der Waals surface area contributed by atoms with Gasteiger partial charge in [-0.25, -0.2) is 9.78 Å². The predicted octanol–water partition coefficient (Wildman–Crippen LogP) is 3.18. The largest absolute Gasteiger partial charge is 0.455 e. The molecule has 1 aromatic heterocycles. The number of hydrogen-bond donors (Lipinski definition) is 0. The first kappa shape index (κ1) is 16.7. The second-order valence-corrected chi connectivity index (χ2v) is 7.56. The highest BCUT2D eigenvalue weighted by molar-refractivity contribution is 9.10. The maximum Gasteiger partial charge on any atom is 0.359 e. The van der Waals surface area contributed by atoms with Crippen LogP contribution in [0.4, 0.5) is 0 Å². The summed E-state index contributed by atoms with van der Waals surface area (Å²) in [6.07, 6.45) is 1.56. The van der Waals surface area contributed by atoms with Crippen LogP contribution in [0.3, 0.4) is 0 Å². The minimum Gasteiger partial charge on any atom is -0.455 e. The van der Waals surface area contributed by atoms with Crippen molar-refractivity contribution in [2.45, 2.75) is 32.9 Å². The van der Waals surface area contributed by atoms with E-state index in [1.54, 1.807) is 22.8 Å². The monoisotopic (exact) mass is 391 g/mol. The number of ether oxygens (including phenoxy) is 1. The molecule has 0 N–H and O–H groups in total. The zero-order valence-corrected chi connectivity index (χ0v) is 15.5. The Balaban J connectivity index is 2.16. The molecule has 0 bridgehead atoms. The fraction of sp³-hybridized carbons (Fsp3) is 0.353. The molecule has 24 heavy (non-hydrogen) atoms. The number of hydrogen-bond acceptors (Lipinski definition) is 4. The van der Waals surface area contributed by atoms with E-state index >= 15 is 0 Å². The maximum absolute atomic E-state index is 12.7. The third kappa shape index (κ3) is 2.84. The summed E-state index contributed by atoms with van der Waals surface area (Å²) >= 11 is 3.44. The van der Waals surface area contributed by atoms with Gasteiger partial charge in [0.1, 0.15) is 11.9 Å². The van der Waals surface area contributed by atoms with Gasteiger partial charge in [0.2, 0.25) is 0 Å². The Morgan fingerprint density at radius 3 is 2.71 bits per heavy atom. The molecular weight excluding hydrogens is 374 g/mol. The lowest BCUT2D eigenvalue weighted by molar-refractivity contribution is 0.00608. The van der Waals surface area contributed by atoms with Crippen molar-refractivity contribution < 1.29 is 14.3 Å². The Kier molecular flexibility index (Phi) is 3.99. The SMILES string of the molecule is CN1Cc2c(C(=O)OC(C)(C)C)ncn2-c2cccc(Br)c2C1=O. The van der Waals surface area contributed by atoms with E-state index in [9.17, 15) is 9.59 Å². The molecule has 1 aliphatic heterocycles. The Labute approximate surface area is 148 Å². The number of rotatable bonds is 1. The van der Waals surface area contributed by atoms with E-state index in [1.807, 2.05) is 39.0 Å². The van der Waals surface area contributed by atoms with E-state index in [2.05, 4.69) is 20.9 Å². The van der Waals surface area contributed by atoms with Crippen molar-refractivity contribution in [2.24, 2.45) is 0 Å². The summed E-state index contributed by atoms with van der Waals surface area (Å²) in [5.74, 6) is -0.605. The molecule has 2 aromatic rings. The van der Waals surface area contributed by atoms with Gasteiger partial charge in [0, 0.05) is 11.5 Å². The molecule has 1 aromatic carbocycles.